The summed E-state index contributed by atoms with van der Waals surface area (Å²) in [5.74, 6) is 0.468. The summed E-state index contributed by atoms with van der Waals surface area (Å²) in [5, 5.41) is 0. The fourth-order valence-corrected chi connectivity index (χ4v) is 2.85. The molecule has 0 spiro atoms. The number of thiophene rings is 1. The van der Waals surface area contributed by atoms with Crippen molar-refractivity contribution in [3.05, 3.63) is 34.5 Å². The van der Waals surface area contributed by atoms with Crippen LogP contribution in [-0.4, -0.2) is 6.61 Å². The predicted molar refractivity (Wildman–Crippen MR) is 60.9 cm³/mol. The molecule has 1 aliphatic heterocycles. The van der Waals surface area contributed by atoms with Crippen LogP contribution in [-0.2, 0) is 4.74 Å². The Hall–Kier alpha value is -0.600. The highest BCUT2D eigenvalue weighted by atomic mass is 32.1. The van der Waals surface area contributed by atoms with Crippen LogP contribution in [0.3, 0.4) is 0 Å². The summed E-state index contributed by atoms with van der Waals surface area (Å²) < 4.78 is 5.65. The average molecular weight is 208 g/mol. The summed E-state index contributed by atoms with van der Waals surface area (Å²) in [7, 11) is 0. The van der Waals surface area contributed by atoms with Crippen molar-refractivity contribution in [2.45, 2.75) is 31.8 Å². The lowest BCUT2D eigenvalue weighted by Gasteiger charge is -2.05. The monoisotopic (exact) mass is 208 g/mol. The van der Waals surface area contributed by atoms with Gasteiger partial charge in [-0.3, -0.25) is 0 Å². The van der Waals surface area contributed by atoms with Gasteiger partial charge in [0.15, 0.2) is 0 Å². The van der Waals surface area contributed by atoms with E-state index < -0.39 is 0 Å². The molecular weight excluding hydrogens is 192 g/mol. The van der Waals surface area contributed by atoms with Crippen molar-refractivity contribution < 1.29 is 4.74 Å². The van der Waals surface area contributed by atoms with Crippen molar-refractivity contribution >= 4 is 11.3 Å². The van der Waals surface area contributed by atoms with Crippen LogP contribution in [0.15, 0.2) is 24.8 Å². The Kier molecular flexibility index (Phi) is 3.04. The van der Waals surface area contributed by atoms with Crippen molar-refractivity contribution in [1.29, 1.82) is 0 Å². The molecule has 1 nitrogen and oxygen atoms in total. The van der Waals surface area contributed by atoms with Crippen LogP contribution in [0.25, 0.3) is 0 Å². The number of ether oxygens (including phenoxy) is 1. The molecule has 0 amide bonds. The molecule has 1 aromatic heterocycles. The molecule has 1 aliphatic rings. The van der Waals surface area contributed by atoms with Crippen LogP contribution in [0.5, 0.6) is 0 Å². The molecule has 0 saturated carbocycles. The van der Waals surface area contributed by atoms with Crippen LogP contribution in [0.2, 0.25) is 0 Å². The largest absolute Gasteiger partial charge is 0.373 e. The van der Waals surface area contributed by atoms with E-state index in [2.05, 4.69) is 25.6 Å². The highest BCUT2D eigenvalue weighted by Crippen LogP contribution is 2.35. The second kappa shape index (κ2) is 4.28. The molecule has 2 unspecified atom stereocenters. The van der Waals surface area contributed by atoms with Gasteiger partial charge in [0.1, 0.15) is 0 Å². The van der Waals surface area contributed by atoms with E-state index in [0.717, 1.165) is 6.61 Å². The van der Waals surface area contributed by atoms with E-state index in [4.69, 9.17) is 4.74 Å². The van der Waals surface area contributed by atoms with Crippen molar-refractivity contribution in [2.75, 3.05) is 6.61 Å². The second-order valence-corrected chi connectivity index (χ2v) is 4.91. The van der Waals surface area contributed by atoms with Crippen molar-refractivity contribution in [2.24, 2.45) is 0 Å². The summed E-state index contributed by atoms with van der Waals surface area (Å²) in [5.41, 5.74) is 0. The molecule has 76 valence electrons. The van der Waals surface area contributed by atoms with Gasteiger partial charge in [-0.15, -0.1) is 17.9 Å². The molecule has 0 radical (unpaired) electrons. The summed E-state index contributed by atoms with van der Waals surface area (Å²) >= 11 is 1.87. The van der Waals surface area contributed by atoms with Gasteiger partial charge in [-0.1, -0.05) is 13.0 Å². The fourth-order valence-electron chi connectivity index (χ4n) is 1.70. The number of hydrogen-bond donors (Lipinski definition) is 0. The van der Waals surface area contributed by atoms with Gasteiger partial charge in [-0.05, 0) is 25.0 Å². The van der Waals surface area contributed by atoms with Crippen molar-refractivity contribution in [3.63, 3.8) is 0 Å². The summed E-state index contributed by atoms with van der Waals surface area (Å²) in [6.07, 6.45) is 4.74. The van der Waals surface area contributed by atoms with E-state index in [1.165, 1.54) is 22.6 Å². The molecule has 1 fully saturated rings. The third kappa shape index (κ3) is 1.91. The fraction of sp³-hybridized carbons (Fsp3) is 0.500. The highest BCUT2D eigenvalue weighted by molar-refractivity contribution is 7.12. The van der Waals surface area contributed by atoms with Crippen LogP contribution in [0, 0.1) is 0 Å². The third-order valence-corrected chi connectivity index (χ3v) is 4.08. The first-order valence-corrected chi connectivity index (χ1v) is 5.96. The van der Waals surface area contributed by atoms with Gasteiger partial charge in [0, 0.05) is 22.3 Å². The highest BCUT2D eigenvalue weighted by Gasteiger charge is 2.19. The maximum absolute atomic E-state index is 5.65. The SMILES string of the molecule is C=CC(C)c1ccc(C2CCCO2)s1. The quantitative estimate of drug-likeness (QED) is 0.685. The molecule has 0 N–H and O–H groups in total. The van der Waals surface area contributed by atoms with Crippen LogP contribution < -0.4 is 0 Å². The molecule has 2 rings (SSSR count). The molecule has 1 aromatic rings. The standard InChI is InChI=1S/C12H16OS/c1-3-9(2)11-6-7-12(14-11)10-5-4-8-13-10/h3,6-7,9-10H,1,4-5,8H2,2H3. The van der Waals surface area contributed by atoms with Crippen LogP contribution in [0.1, 0.15) is 41.5 Å². The first kappa shape index (κ1) is 9.94. The lowest BCUT2D eigenvalue weighted by molar-refractivity contribution is 0.114. The Morgan fingerprint density at radius 3 is 3.14 bits per heavy atom. The van der Waals surface area contributed by atoms with E-state index in [0.29, 0.717) is 12.0 Å². The smallest absolute Gasteiger partial charge is 0.0917 e. The Morgan fingerprint density at radius 1 is 1.64 bits per heavy atom. The molecule has 0 aromatic carbocycles. The van der Waals surface area contributed by atoms with E-state index in [9.17, 15) is 0 Å². The zero-order valence-corrected chi connectivity index (χ0v) is 9.35. The number of hydrogen-bond acceptors (Lipinski definition) is 2. The van der Waals surface area contributed by atoms with Crippen LogP contribution >= 0.6 is 11.3 Å². The summed E-state index contributed by atoms with van der Waals surface area (Å²) in [6.45, 7) is 6.92. The predicted octanol–water partition coefficient (Wildman–Crippen LogP) is 3.89. The molecule has 0 bridgehead atoms. The maximum Gasteiger partial charge on any atom is 0.0917 e. The van der Waals surface area contributed by atoms with Gasteiger partial charge < -0.3 is 4.74 Å². The first-order chi connectivity index (χ1) is 6.81. The first-order valence-electron chi connectivity index (χ1n) is 5.15. The molecule has 14 heavy (non-hydrogen) atoms. The molecule has 2 heteroatoms. The van der Waals surface area contributed by atoms with Crippen molar-refractivity contribution in [1.82, 2.24) is 0 Å². The summed E-state index contributed by atoms with van der Waals surface area (Å²) in [6, 6.07) is 4.41. The van der Waals surface area contributed by atoms with Gasteiger partial charge in [-0.2, -0.15) is 0 Å². The van der Waals surface area contributed by atoms with Gasteiger partial charge in [0.05, 0.1) is 6.10 Å². The Balaban J connectivity index is 2.12. The second-order valence-electron chi connectivity index (χ2n) is 3.77. The molecule has 1 saturated heterocycles. The van der Waals surface area contributed by atoms with Gasteiger partial charge in [0.25, 0.3) is 0 Å². The van der Waals surface area contributed by atoms with E-state index in [1.807, 2.05) is 17.4 Å². The van der Waals surface area contributed by atoms with Crippen LogP contribution in [0.4, 0.5) is 0 Å². The summed E-state index contributed by atoms with van der Waals surface area (Å²) in [4.78, 5) is 2.77. The Morgan fingerprint density at radius 2 is 2.50 bits per heavy atom. The minimum Gasteiger partial charge on any atom is -0.373 e. The van der Waals surface area contributed by atoms with Crippen molar-refractivity contribution in [3.8, 4) is 0 Å². The zero-order chi connectivity index (χ0) is 9.97. The lowest BCUT2D eigenvalue weighted by Crippen LogP contribution is -1.90. The Labute approximate surface area is 89.4 Å². The van der Waals surface area contributed by atoms with E-state index >= 15 is 0 Å². The van der Waals surface area contributed by atoms with E-state index in [1.54, 1.807) is 0 Å². The zero-order valence-electron chi connectivity index (χ0n) is 8.53. The number of rotatable bonds is 3. The Bertz CT molecular complexity index is 310. The van der Waals surface area contributed by atoms with Gasteiger partial charge in [0.2, 0.25) is 0 Å². The number of allylic oxidation sites excluding steroid dienone is 1. The normalized spacial score (nSPS) is 23.6. The molecular formula is C12H16OS. The average Bonchev–Trinajstić information content (AvgIpc) is 2.86. The third-order valence-electron chi connectivity index (χ3n) is 2.70. The van der Waals surface area contributed by atoms with Gasteiger partial charge >= 0.3 is 0 Å². The minimum atomic E-state index is 0.366. The van der Waals surface area contributed by atoms with Gasteiger partial charge in [-0.25, -0.2) is 0 Å². The molecule has 0 aliphatic carbocycles. The maximum atomic E-state index is 5.65. The topological polar surface area (TPSA) is 9.23 Å². The lowest BCUT2D eigenvalue weighted by atomic mass is 10.1. The molecule has 2 atom stereocenters. The molecule has 2 heterocycles. The van der Waals surface area contributed by atoms with E-state index in [-0.39, 0.29) is 0 Å². The minimum absolute atomic E-state index is 0.366.